The number of hydrogen-bond acceptors (Lipinski definition) is 7. The molecule has 4 aromatic carbocycles. The van der Waals surface area contributed by atoms with Crippen LogP contribution in [0.1, 0.15) is 38.2 Å². The average Bonchev–Trinajstić information content (AvgIpc) is 3.05. The molecular weight excluding hydrogens is 536 g/mol. The molecule has 7 nitrogen and oxygen atoms in total. The first kappa shape index (κ1) is 26.0. The summed E-state index contributed by atoms with van der Waals surface area (Å²) >= 11 is 0. The number of carbonyl (C=O) groups is 1. The van der Waals surface area contributed by atoms with Gasteiger partial charge in [-0.3, -0.25) is 14.8 Å². The predicted octanol–water partition coefficient (Wildman–Crippen LogP) is 7.15. The summed E-state index contributed by atoms with van der Waals surface area (Å²) in [5.41, 5.74) is 17.4. The van der Waals surface area contributed by atoms with Gasteiger partial charge in [0.25, 0.3) is 0 Å². The summed E-state index contributed by atoms with van der Waals surface area (Å²) in [5, 5.41) is 0. The molecule has 0 saturated heterocycles. The number of rotatable bonds is 6. The molecule has 0 aliphatic heterocycles. The zero-order valence-corrected chi connectivity index (χ0v) is 23.0. The van der Waals surface area contributed by atoms with Gasteiger partial charge in [0.1, 0.15) is 11.5 Å². The Balaban J connectivity index is 1.40. The molecule has 0 unspecified atom stereocenters. The lowest BCUT2D eigenvalue weighted by molar-refractivity contribution is 0.103. The number of nitrogens with zero attached hydrogens (tertiary/aromatic N) is 2. The maximum absolute atomic E-state index is 13.8. The van der Waals surface area contributed by atoms with Crippen LogP contribution in [0.2, 0.25) is 0 Å². The van der Waals surface area contributed by atoms with Crippen LogP contribution < -0.4 is 20.9 Å². The predicted molar refractivity (Wildman–Crippen MR) is 166 cm³/mol. The number of hydrogen-bond donors (Lipinski definition) is 2. The lowest BCUT2D eigenvalue weighted by Gasteiger charge is -2.41. The second-order valence-corrected chi connectivity index (χ2v) is 10.3. The number of pyridine rings is 2. The highest BCUT2D eigenvalue weighted by molar-refractivity contribution is 6.14. The van der Waals surface area contributed by atoms with Gasteiger partial charge >= 0.3 is 0 Å². The molecule has 4 N–H and O–H groups in total. The molecule has 43 heavy (non-hydrogen) atoms. The first-order valence-electron chi connectivity index (χ1n) is 13.7. The van der Waals surface area contributed by atoms with Crippen LogP contribution in [0, 0.1) is 0 Å². The zero-order valence-electron chi connectivity index (χ0n) is 23.0. The van der Waals surface area contributed by atoms with Crippen molar-refractivity contribution in [1.82, 2.24) is 9.97 Å². The van der Waals surface area contributed by atoms with Crippen LogP contribution >= 0.6 is 0 Å². The maximum Gasteiger partial charge on any atom is 0.193 e. The lowest BCUT2D eigenvalue weighted by Crippen LogP contribution is -2.38. The minimum atomic E-state index is -0.807. The van der Waals surface area contributed by atoms with Gasteiger partial charge in [-0.15, -0.1) is 0 Å². The standard InChI is InChI=1S/C36H26N4O3/c37-31-17-19-39-21-33(31)42-25-13-9-23(10-14-25)36(24-11-15-26(16-12-24)43-34-22-40-20-18-32(34)38)29-7-3-1-5-27(29)35(41)28-6-2-4-8-30(28)36/h1-22H,(H2,37,39)(H2,38,40). The summed E-state index contributed by atoms with van der Waals surface area (Å²) in [6.07, 6.45) is 6.42. The molecule has 0 bridgehead atoms. The van der Waals surface area contributed by atoms with E-state index < -0.39 is 5.41 Å². The second kappa shape index (κ2) is 10.5. The van der Waals surface area contributed by atoms with Gasteiger partial charge in [-0.25, -0.2) is 0 Å². The van der Waals surface area contributed by atoms with Gasteiger partial charge < -0.3 is 20.9 Å². The summed E-state index contributed by atoms with van der Waals surface area (Å²) in [4.78, 5) is 22.0. The summed E-state index contributed by atoms with van der Waals surface area (Å²) in [7, 11) is 0. The number of benzene rings is 4. The summed E-state index contributed by atoms with van der Waals surface area (Å²) in [6, 6.07) is 34.8. The first-order valence-corrected chi connectivity index (χ1v) is 13.7. The fourth-order valence-corrected chi connectivity index (χ4v) is 5.85. The van der Waals surface area contributed by atoms with E-state index in [1.807, 2.05) is 97.1 Å². The van der Waals surface area contributed by atoms with E-state index in [-0.39, 0.29) is 5.78 Å². The number of fused-ring (bicyclic) bond motifs is 2. The van der Waals surface area contributed by atoms with E-state index in [2.05, 4.69) is 9.97 Å². The van der Waals surface area contributed by atoms with Crippen molar-refractivity contribution < 1.29 is 14.3 Å². The Kier molecular flexibility index (Phi) is 6.32. The Hall–Kier alpha value is -5.95. The van der Waals surface area contributed by atoms with E-state index in [9.17, 15) is 4.79 Å². The lowest BCUT2D eigenvalue weighted by atomic mass is 9.59. The molecule has 0 atom stereocenters. The molecular formula is C36H26N4O3. The van der Waals surface area contributed by atoms with Crippen LogP contribution in [0.5, 0.6) is 23.0 Å². The van der Waals surface area contributed by atoms with Crippen molar-refractivity contribution in [2.45, 2.75) is 5.41 Å². The number of aromatic nitrogens is 2. The number of nitrogen functional groups attached to an aromatic ring is 2. The third-order valence-corrected chi connectivity index (χ3v) is 7.81. The molecule has 1 aliphatic carbocycles. The van der Waals surface area contributed by atoms with Crippen molar-refractivity contribution in [3.63, 3.8) is 0 Å². The van der Waals surface area contributed by atoms with Crippen LogP contribution in [0.25, 0.3) is 0 Å². The number of carbonyl (C=O) groups excluding carboxylic acids is 1. The van der Waals surface area contributed by atoms with Crippen LogP contribution in [0.15, 0.2) is 134 Å². The summed E-state index contributed by atoms with van der Waals surface area (Å²) in [5.74, 6) is 2.19. The van der Waals surface area contributed by atoms with E-state index in [1.54, 1.807) is 36.9 Å². The molecule has 7 heteroatoms. The van der Waals surface area contributed by atoms with Gasteiger partial charge in [-0.05, 0) is 58.7 Å². The molecule has 1 aliphatic rings. The Morgan fingerprint density at radius 2 is 0.953 bits per heavy atom. The Morgan fingerprint density at radius 3 is 1.37 bits per heavy atom. The van der Waals surface area contributed by atoms with Crippen LogP contribution in [-0.4, -0.2) is 15.8 Å². The molecule has 0 fully saturated rings. The monoisotopic (exact) mass is 562 g/mol. The number of nitrogens with two attached hydrogens (primary N) is 2. The number of ether oxygens (including phenoxy) is 2. The van der Waals surface area contributed by atoms with Gasteiger partial charge in [0.05, 0.1) is 29.2 Å². The SMILES string of the molecule is Nc1ccncc1Oc1ccc(C2(c3ccc(Oc4cnccc4N)cc3)c3ccccc3C(=O)c3ccccc32)cc1. The van der Waals surface area contributed by atoms with Crippen molar-refractivity contribution in [2.24, 2.45) is 0 Å². The molecule has 208 valence electrons. The Labute approximate surface area is 248 Å². The van der Waals surface area contributed by atoms with Crippen molar-refractivity contribution in [2.75, 3.05) is 11.5 Å². The summed E-state index contributed by atoms with van der Waals surface area (Å²) < 4.78 is 12.1. The minimum Gasteiger partial charge on any atom is -0.454 e. The van der Waals surface area contributed by atoms with Gasteiger partial charge in [0, 0.05) is 23.5 Å². The molecule has 0 radical (unpaired) electrons. The van der Waals surface area contributed by atoms with Gasteiger partial charge in [-0.2, -0.15) is 0 Å². The fourth-order valence-electron chi connectivity index (χ4n) is 5.85. The fraction of sp³-hybridized carbons (Fsp3) is 0.0278. The molecule has 2 aromatic heterocycles. The Bertz CT molecular complexity index is 1830. The van der Waals surface area contributed by atoms with E-state index in [4.69, 9.17) is 20.9 Å². The summed E-state index contributed by atoms with van der Waals surface area (Å²) in [6.45, 7) is 0. The second-order valence-electron chi connectivity index (χ2n) is 10.3. The molecule has 0 spiro atoms. The third kappa shape index (κ3) is 4.35. The van der Waals surface area contributed by atoms with Crippen molar-refractivity contribution in [3.8, 4) is 23.0 Å². The van der Waals surface area contributed by atoms with E-state index in [0.717, 1.165) is 22.3 Å². The van der Waals surface area contributed by atoms with Crippen molar-refractivity contribution >= 4 is 17.2 Å². The van der Waals surface area contributed by atoms with Crippen LogP contribution in [0.3, 0.4) is 0 Å². The highest BCUT2D eigenvalue weighted by atomic mass is 16.5. The molecule has 0 amide bonds. The molecule has 2 heterocycles. The largest absolute Gasteiger partial charge is 0.454 e. The van der Waals surface area contributed by atoms with Gasteiger partial charge in [-0.1, -0.05) is 72.8 Å². The van der Waals surface area contributed by atoms with Crippen LogP contribution in [-0.2, 0) is 5.41 Å². The smallest absolute Gasteiger partial charge is 0.193 e. The normalized spacial score (nSPS) is 13.1. The molecule has 0 saturated carbocycles. The van der Waals surface area contributed by atoms with Crippen LogP contribution in [0.4, 0.5) is 11.4 Å². The highest BCUT2D eigenvalue weighted by Crippen LogP contribution is 2.51. The van der Waals surface area contributed by atoms with Crippen molar-refractivity contribution in [1.29, 1.82) is 0 Å². The molecule has 6 aromatic rings. The number of anilines is 2. The Morgan fingerprint density at radius 1 is 0.535 bits per heavy atom. The quantitative estimate of drug-likeness (QED) is 0.221. The van der Waals surface area contributed by atoms with E-state index >= 15 is 0 Å². The first-order chi connectivity index (χ1) is 21.1. The maximum atomic E-state index is 13.8. The van der Waals surface area contributed by atoms with E-state index in [0.29, 0.717) is 45.5 Å². The zero-order chi connectivity index (χ0) is 29.4. The topological polar surface area (TPSA) is 113 Å². The third-order valence-electron chi connectivity index (χ3n) is 7.81. The highest BCUT2D eigenvalue weighted by Gasteiger charge is 2.46. The van der Waals surface area contributed by atoms with Gasteiger partial charge in [0.15, 0.2) is 17.3 Å². The van der Waals surface area contributed by atoms with E-state index in [1.165, 1.54) is 0 Å². The minimum absolute atomic E-state index is 0.000776. The van der Waals surface area contributed by atoms with Gasteiger partial charge in [0.2, 0.25) is 0 Å². The average molecular weight is 563 g/mol. The number of ketones is 1. The molecule has 7 rings (SSSR count). The van der Waals surface area contributed by atoms with Crippen molar-refractivity contribution in [3.05, 3.63) is 167 Å².